The fourth-order valence-corrected chi connectivity index (χ4v) is 4.81. The van der Waals surface area contributed by atoms with Crippen LogP contribution in [0.1, 0.15) is 6.42 Å². The van der Waals surface area contributed by atoms with Crippen molar-refractivity contribution in [3.63, 3.8) is 0 Å². The van der Waals surface area contributed by atoms with Crippen LogP contribution in [0.2, 0.25) is 0 Å². The van der Waals surface area contributed by atoms with Gasteiger partial charge in [0, 0.05) is 129 Å². The first kappa shape index (κ1) is 68.1. The Morgan fingerprint density at radius 1 is 0.420 bits per heavy atom. The predicted molar refractivity (Wildman–Crippen MR) is 315 cm³/mol. The predicted octanol–water partition coefficient (Wildman–Crippen LogP) is 12.5. The number of furan rings is 1. The second-order valence-corrected chi connectivity index (χ2v) is 15.0. The monoisotopic (exact) mass is 1140 g/mol. The van der Waals surface area contributed by atoms with E-state index < -0.39 is 0 Å². The van der Waals surface area contributed by atoms with Gasteiger partial charge in [-0.2, -0.15) is 31.8 Å². The Kier molecular flexibility index (Phi) is 53.3. The zero-order valence-electron chi connectivity index (χ0n) is 43.5. The molecule has 0 fully saturated rings. The average Bonchev–Trinajstić information content (AvgIpc) is 4.40. The first-order chi connectivity index (χ1) is 40.4. The molecule has 0 saturated heterocycles. The zero-order chi connectivity index (χ0) is 57.4. The van der Waals surface area contributed by atoms with E-state index in [9.17, 15) is 4.79 Å². The van der Waals surface area contributed by atoms with Crippen molar-refractivity contribution in [2.75, 3.05) is 0 Å². The van der Waals surface area contributed by atoms with Gasteiger partial charge in [-0.25, -0.2) is 24.3 Å². The average molecular weight is 1150 g/mol. The molecule has 81 heavy (non-hydrogen) atoms. The topological polar surface area (TPSA) is 300 Å². The van der Waals surface area contributed by atoms with Gasteiger partial charge in [0.25, 0.3) is 0 Å². The summed E-state index contributed by atoms with van der Waals surface area (Å²) in [7, 11) is 0. The molecular weight excluding hydrogens is 1080 g/mol. The van der Waals surface area contributed by atoms with Crippen molar-refractivity contribution in [1.82, 2.24) is 90.0 Å². The second kappa shape index (κ2) is 63.4. The van der Waals surface area contributed by atoms with E-state index in [4.69, 9.17) is 0 Å². The second-order valence-electron chi connectivity index (χ2n) is 12.7. The maximum Gasteiger partial charge on any atom is 0.180 e. The van der Waals surface area contributed by atoms with Gasteiger partial charge in [-0.15, -0.1) is 11.3 Å². The van der Waals surface area contributed by atoms with E-state index in [1.807, 2.05) is 131 Å². The lowest BCUT2D eigenvalue weighted by atomic mass is 10.2. The highest BCUT2D eigenvalue weighted by atomic mass is 32.1. The molecule has 15 rings (SSSR count). The number of ketones is 1. The first-order valence-corrected chi connectivity index (χ1v) is 26.1. The number of rotatable bonds is 0. The smallest absolute Gasteiger partial charge is 0.180 e. The standard InChI is InChI=1S/C6H6O.2C5H5N.2C4H4N2.C4H5N.C4H4O.C4H4S.2C3H4N2.2C3H3NO.2C3H3NS.C2H3N3/c7-6-4-2-1-3-5-6;2*1-2-4-6-5-3-1;1-2-6-4-3-5-1;1-2-5-4-6-3-1;3*1-2-4-5-3-1;1-2-5-3-4-1;1-2-4-5-3-1;1-2-5-3-4-1;1-2-4-5-3-1;1-2-5-3-4-1;2*1-2-4-5-3-1/h1-4H,5H2;2*1-5H;2*1-4H;1-5H;2*1-4H;2*1-3H,(H,4,5);4*1-3H;1-2H,(H,3,4,5). The number of carbonyl (C=O) groups excluding carboxylic acids is 1. The van der Waals surface area contributed by atoms with Crippen LogP contribution in [0.25, 0.3) is 0 Å². The van der Waals surface area contributed by atoms with Gasteiger partial charge in [0.1, 0.15) is 18.9 Å². The summed E-state index contributed by atoms with van der Waals surface area (Å²) in [6.45, 7) is 0. The molecule has 22 nitrogen and oxygen atoms in total. The highest BCUT2D eigenvalue weighted by Gasteiger charge is 1.92. The Morgan fingerprint density at radius 2 is 1.11 bits per heavy atom. The first-order valence-electron chi connectivity index (χ1n) is 23.4. The van der Waals surface area contributed by atoms with Crippen molar-refractivity contribution in [1.29, 1.82) is 0 Å². The molecule has 14 aromatic rings. The number of thiazole rings is 1. The molecule has 0 saturated carbocycles. The van der Waals surface area contributed by atoms with E-state index in [-0.39, 0.29) is 5.78 Å². The number of allylic oxidation sites excluding steroid dienone is 4. The van der Waals surface area contributed by atoms with E-state index in [0.717, 1.165) is 0 Å². The summed E-state index contributed by atoms with van der Waals surface area (Å²) >= 11 is 4.78. The van der Waals surface area contributed by atoms with Crippen LogP contribution in [-0.4, -0.2) is 95.7 Å². The van der Waals surface area contributed by atoms with Crippen molar-refractivity contribution < 1.29 is 18.2 Å². The van der Waals surface area contributed by atoms with E-state index in [2.05, 4.69) is 103 Å². The van der Waals surface area contributed by atoms with Crippen LogP contribution in [-0.2, 0) is 4.79 Å². The summed E-state index contributed by atoms with van der Waals surface area (Å²) in [6, 6.07) is 30.3. The van der Waals surface area contributed by atoms with Crippen LogP contribution in [0, 0.1) is 0 Å². The Balaban J connectivity index is 0.000000434. The van der Waals surface area contributed by atoms with Crippen LogP contribution < -0.4 is 0 Å². The third kappa shape index (κ3) is 61.6. The molecule has 0 unspecified atom stereocenters. The van der Waals surface area contributed by atoms with Crippen LogP contribution in [0.4, 0.5) is 0 Å². The molecule has 1 aliphatic rings. The van der Waals surface area contributed by atoms with Crippen LogP contribution >= 0.6 is 34.2 Å². The van der Waals surface area contributed by atoms with Crippen molar-refractivity contribution in [3.05, 3.63) is 329 Å². The molecule has 4 N–H and O–H groups in total. The number of nitrogens with one attached hydrogen (secondary N) is 4. The number of aromatic nitrogens is 18. The summed E-state index contributed by atoms with van der Waals surface area (Å²) in [5, 5.41) is 26.8. The normalized spacial score (nSPS) is 8.86. The molecule has 0 radical (unpaired) electrons. The summed E-state index contributed by atoms with van der Waals surface area (Å²) in [6.07, 6.45) is 55.9. The Bertz CT molecular complexity index is 2170. The van der Waals surface area contributed by atoms with Crippen LogP contribution in [0.3, 0.4) is 0 Å². The quantitative estimate of drug-likeness (QED) is 0.110. The Morgan fingerprint density at radius 3 is 1.30 bits per heavy atom. The van der Waals surface area contributed by atoms with E-state index in [1.165, 1.54) is 36.8 Å². The van der Waals surface area contributed by atoms with Gasteiger partial charge < -0.3 is 23.3 Å². The van der Waals surface area contributed by atoms with Gasteiger partial charge in [-0.1, -0.05) is 47.7 Å². The SMILES string of the molecule is O=C1C=CC=CC1.c1c[nH]cn1.c1cc[nH]c1.c1ccncc1.c1ccncc1.c1ccoc1.c1ccsc1.c1cn[nH]c1.c1cn[nH]n1.c1cnccn1.c1cncnc1.c1cnoc1.c1cnsc1.c1cocn1.c1cscn1. The number of H-pyrrole nitrogens is 4. The number of oxazole rings is 1. The molecule has 0 bridgehead atoms. The summed E-state index contributed by atoms with van der Waals surface area (Å²) in [4.78, 5) is 49.3. The lowest BCUT2D eigenvalue weighted by Crippen LogP contribution is -1.90. The van der Waals surface area contributed by atoms with Gasteiger partial charge in [-0.05, 0) is 101 Å². The number of pyridine rings is 2. The lowest BCUT2D eigenvalue weighted by Gasteiger charge is -1.88. The molecule has 1 aliphatic carbocycles. The lowest BCUT2D eigenvalue weighted by molar-refractivity contribution is -0.113. The van der Waals surface area contributed by atoms with Crippen molar-refractivity contribution in [2.45, 2.75) is 6.42 Å². The largest absolute Gasteiger partial charge is 0.473 e. The summed E-state index contributed by atoms with van der Waals surface area (Å²) in [5.41, 5.74) is 1.79. The van der Waals surface area contributed by atoms with Crippen LogP contribution in [0.15, 0.2) is 342 Å². The van der Waals surface area contributed by atoms with Gasteiger partial charge in [0.15, 0.2) is 12.2 Å². The van der Waals surface area contributed by atoms with E-state index in [0.29, 0.717) is 6.42 Å². The molecule has 25 heteroatoms. The maximum absolute atomic E-state index is 10.3. The van der Waals surface area contributed by atoms with Gasteiger partial charge in [-0.3, -0.25) is 34.8 Å². The maximum atomic E-state index is 10.3. The molecule has 14 heterocycles. The fourth-order valence-electron chi connectivity index (χ4n) is 3.66. The Hall–Kier alpha value is -10.9. The van der Waals surface area contributed by atoms with Crippen LogP contribution in [0.5, 0.6) is 0 Å². The molecule has 416 valence electrons. The van der Waals surface area contributed by atoms with Gasteiger partial charge in [0.05, 0.1) is 49.2 Å². The number of hydrogen-bond donors (Lipinski definition) is 4. The molecular formula is C56H60N18O4S3. The van der Waals surface area contributed by atoms with Gasteiger partial charge in [0.2, 0.25) is 0 Å². The minimum absolute atomic E-state index is 0.197. The third-order valence-electron chi connectivity index (χ3n) is 6.82. The van der Waals surface area contributed by atoms with E-state index >= 15 is 0 Å². The number of hydrogen-bond acceptors (Lipinski definition) is 21. The molecule has 0 aliphatic heterocycles. The Labute approximate surface area is 480 Å². The fraction of sp³-hybridized carbons (Fsp3) is 0.0179. The molecule has 14 aromatic heterocycles. The number of aromatic amines is 4. The highest BCUT2D eigenvalue weighted by Crippen LogP contribution is 1.94. The molecule has 0 spiro atoms. The third-order valence-corrected chi connectivity index (χ3v) is 8.49. The van der Waals surface area contributed by atoms with Crippen molar-refractivity contribution in [3.8, 4) is 0 Å². The number of thiophene rings is 1. The molecule has 0 amide bonds. The van der Waals surface area contributed by atoms with Crippen molar-refractivity contribution in [2.24, 2.45) is 0 Å². The van der Waals surface area contributed by atoms with Gasteiger partial charge >= 0.3 is 0 Å². The highest BCUT2D eigenvalue weighted by molar-refractivity contribution is 7.07. The zero-order valence-corrected chi connectivity index (χ0v) is 46.0. The molecule has 0 atom stereocenters. The molecule has 0 aromatic carbocycles. The minimum atomic E-state index is 0.197. The minimum Gasteiger partial charge on any atom is -0.473 e. The van der Waals surface area contributed by atoms with E-state index in [1.54, 1.807) is 195 Å². The summed E-state index contributed by atoms with van der Waals surface area (Å²) in [5.74, 6) is 0.197. The summed E-state index contributed by atoms with van der Waals surface area (Å²) < 4.78 is 17.2. The van der Waals surface area contributed by atoms with Crippen molar-refractivity contribution >= 4 is 40.0 Å². The number of nitrogens with zero attached hydrogens (tertiary/aromatic N) is 14. The number of carbonyl (C=O) groups is 1. The number of imidazole rings is 1.